The van der Waals surface area contributed by atoms with E-state index in [1.165, 1.54) is 23.9 Å². The lowest BCUT2D eigenvalue weighted by atomic mass is 10.2. The normalized spacial score (nSPS) is 18.9. The number of nitro benzene ring substituents is 1. The van der Waals surface area contributed by atoms with Gasteiger partial charge in [0.1, 0.15) is 0 Å². The number of piperazine rings is 1. The molecule has 0 spiro atoms. The van der Waals surface area contributed by atoms with Crippen molar-refractivity contribution >= 4 is 23.4 Å². The molecule has 108 valence electrons. The number of hydrogen-bond acceptors (Lipinski definition) is 5. The van der Waals surface area contributed by atoms with Gasteiger partial charge < -0.3 is 10.2 Å². The maximum absolute atomic E-state index is 12.1. The Hall–Kier alpha value is -1.60. The van der Waals surface area contributed by atoms with E-state index >= 15 is 0 Å². The number of carbonyl (C=O) groups is 1. The summed E-state index contributed by atoms with van der Waals surface area (Å²) in [5.74, 6) is 0.478. The summed E-state index contributed by atoms with van der Waals surface area (Å²) in [6.07, 6.45) is 0. The molecule has 0 aromatic heterocycles. The summed E-state index contributed by atoms with van der Waals surface area (Å²) in [6.45, 7) is 4.36. The minimum Gasteiger partial charge on any atom is -0.339 e. The van der Waals surface area contributed by atoms with E-state index in [0.717, 1.165) is 24.5 Å². The van der Waals surface area contributed by atoms with Crippen molar-refractivity contribution in [3.8, 4) is 0 Å². The van der Waals surface area contributed by atoms with Gasteiger partial charge in [-0.15, -0.1) is 11.8 Å². The fraction of sp³-hybridized carbons (Fsp3) is 0.462. The fourth-order valence-corrected chi connectivity index (χ4v) is 2.86. The summed E-state index contributed by atoms with van der Waals surface area (Å²) in [6, 6.07) is 6.60. The highest BCUT2D eigenvalue weighted by atomic mass is 32.2. The predicted molar refractivity (Wildman–Crippen MR) is 77.9 cm³/mol. The number of nitro groups is 1. The molecule has 6 nitrogen and oxygen atoms in total. The zero-order valence-electron chi connectivity index (χ0n) is 11.2. The molecule has 0 saturated carbocycles. The third-order valence-electron chi connectivity index (χ3n) is 3.13. The van der Waals surface area contributed by atoms with Gasteiger partial charge in [0, 0.05) is 42.7 Å². The molecule has 1 heterocycles. The molecule has 1 aliphatic rings. The molecule has 0 aliphatic carbocycles. The Labute approximate surface area is 121 Å². The molecule has 1 amide bonds. The quantitative estimate of drug-likeness (QED) is 0.517. The smallest absolute Gasteiger partial charge is 0.269 e. The minimum atomic E-state index is -0.429. The highest BCUT2D eigenvalue weighted by Crippen LogP contribution is 2.21. The van der Waals surface area contributed by atoms with Crippen molar-refractivity contribution < 1.29 is 9.72 Å². The van der Waals surface area contributed by atoms with Crippen LogP contribution in [-0.2, 0) is 4.79 Å². The maximum Gasteiger partial charge on any atom is 0.269 e. The van der Waals surface area contributed by atoms with Gasteiger partial charge in [-0.1, -0.05) is 0 Å². The van der Waals surface area contributed by atoms with E-state index < -0.39 is 4.92 Å². The largest absolute Gasteiger partial charge is 0.339 e. The van der Waals surface area contributed by atoms with Gasteiger partial charge in [0.2, 0.25) is 5.91 Å². The van der Waals surface area contributed by atoms with Crippen molar-refractivity contribution in [2.45, 2.75) is 17.9 Å². The van der Waals surface area contributed by atoms with E-state index in [9.17, 15) is 14.9 Å². The molecule has 1 N–H and O–H groups in total. The van der Waals surface area contributed by atoms with Crippen LogP contribution in [-0.4, -0.2) is 47.2 Å². The first-order valence-corrected chi connectivity index (χ1v) is 7.43. The van der Waals surface area contributed by atoms with Crippen LogP contribution in [0.4, 0.5) is 5.69 Å². The molecular weight excluding hydrogens is 278 g/mol. The zero-order valence-corrected chi connectivity index (χ0v) is 12.1. The second kappa shape index (κ2) is 6.71. The average molecular weight is 295 g/mol. The van der Waals surface area contributed by atoms with E-state index in [1.807, 2.05) is 4.90 Å². The fourth-order valence-electron chi connectivity index (χ4n) is 2.06. The summed E-state index contributed by atoms with van der Waals surface area (Å²) >= 11 is 1.41. The van der Waals surface area contributed by atoms with Crippen molar-refractivity contribution in [2.24, 2.45) is 0 Å². The lowest BCUT2D eigenvalue weighted by molar-refractivity contribution is -0.384. The van der Waals surface area contributed by atoms with E-state index in [4.69, 9.17) is 0 Å². The van der Waals surface area contributed by atoms with E-state index in [-0.39, 0.29) is 11.6 Å². The lowest BCUT2D eigenvalue weighted by Gasteiger charge is -2.31. The predicted octanol–water partition coefficient (Wildman–Crippen LogP) is 1.51. The van der Waals surface area contributed by atoms with Gasteiger partial charge in [-0.05, 0) is 19.1 Å². The number of non-ortho nitro benzene ring substituents is 1. The van der Waals surface area contributed by atoms with Crippen molar-refractivity contribution in [2.75, 3.05) is 25.4 Å². The molecule has 1 fully saturated rings. The molecule has 20 heavy (non-hydrogen) atoms. The van der Waals surface area contributed by atoms with Crippen molar-refractivity contribution in [3.05, 3.63) is 34.4 Å². The van der Waals surface area contributed by atoms with Crippen LogP contribution in [0.5, 0.6) is 0 Å². The molecule has 1 saturated heterocycles. The highest BCUT2D eigenvalue weighted by Gasteiger charge is 2.20. The zero-order chi connectivity index (χ0) is 14.5. The van der Waals surface area contributed by atoms with E-state index in [2.05, 4.69) is 12.2 Å². The van der Waals surface area contributed by atoms with Crippen LogP contribution >= 0.6 is 11.8 Å². The first-order chi connectivity index (χ1) is 9.56. The first kappa shape index (κ1) is 14.8. The number of thioether (sulfide) groups is 1. The Balaban J connectivity index is 1.85. The first-order valence-electron chi connectivity index (χ1n) is 6.44. The van der Waals surface area contributed by atoms with Crippen LogP contribution in [0.25, 0.3) is 0 Å². The molecular formula is C13H17N3O3S. The van der Waals surface area contributed by atoms with Crippen LogP contribution in [0, 0.1) is 10.1 Å². The van der Waals surface area contributed by atoms with Gasteiger partial charge in [0.15, 0.2) is 0 Å². The molecule has 1 aromatic rings. The second-order valence-corrected chi connectivity index (χ2v) is 5.78. The molecule has 1 aliphatic heterocycles. The second-order valence-electron chi connectivity index (χ2n) is 4.73. The molecule has 0 bridgehead atoms. The Morgan fingerprint density at radius 3 is 2.80 bits per heavy atom. The third-order valence-corrected chi connectivity index (χ3v) is 4.13. The number of carbonyl (C=O) groups excluding carboxylic acids is 1. The Morgan fingerprint density at radius 1 is 1.50 bits per heavy atom. The topological polar surface area (TPSA) is 75.5 Å². The molecule has 1 atom stereocenters. The number of rotatable bonds is 4. The SMILES string of the molecule is CC1CN(C(=O)CSc2ccc([N+](=O)[O-])cc2)CCN1. The van der Waals surface area contributed by atoms with Crippen LogP contribution in [0.1, 0.15) is 6.92 Å². The van der Waals surface area contributed by atoms with E-state index in [0.29, 0.717) is 11.8 Å². The van der Waals surface area contributed by atoms with Gasteiger partial charge in [0.25, 0.3) is 5.69 Å². The molecule has 0 radical (unpaired) electrons. The number of nitrogens with zero attached hydrogens (tertiary/aromatic N) is 2. The van der Waals surface area contributed by atoms with Gasteiger partial charge in [-0.3, -0.25) is 14.9 Å². The summed E-state index contributed by atoms with van der Waals surface area (Å²) in [4.78, 5) is 24.9. The Morgan fingerprint density at radius 2 is 2.20 bits per heavy atom. The van der Waals surface area contributed by atoms with Crippen LogP contribution in [0.3, 0.4) is 0 Å². The summed E-state index contributed by atoms with van der Waals surface area (Å²) in [5.41, 5.74) is 0.0663. The van der Waals surface area contributed by atoms with Gasteiger partial charge in [-0.2, -0.15) is 0 Å². The van der Waals surface area contributed by atoms with Crippen LogP contribution < -0.4 is 5.32 Å². The summed E-state index contributed by atoms with van der Waals surface area (Å²) in [7, 11) is 0. The number of nitrogens with one attached hydrogen (secondary N) is 1. The van der Waals surface area contributed by atoms with Crippen LogP contribution in [0.2, 0.25) is 0 Å². The van der Waals surface area contributed by atoms with Gasteiger partial charge >= 0.3 is 0 Å². The van der Waals surface area contributed by atoms with Crippen molar-refractivity contribution in [3.63, 3.8) is 0 Å². The van der Waals surface area contributed by atoms with Gasteiger partial charge in [-0.25, -0.2) is 0 Å². The number of benzene rings is 1. The Bertz CT molecular complexity index is 492. The monoisotopic (exact) mass is 295 g/mol. The molecule has 1 unspecified atom stereocenters. The van der Waals surface area contributed by atoms with Crippen molar-refractivity contribution in [1.29, 1.82) is 0 Å². The third kappa shape index (κ3) is 3.94. The van der Waals surface area contributed by atoms with Gasteiger partial charge in [0.05, 0.1) is 10.7 Å². The standard InChI is InChI=1S/C13H17N3O3S/c1-10-8-15(7-6-14-10)13(17)9-20-12-4-2-11(3-5-12)16(18)19/h2-5,10,14H,6-9H2,1H3. The molecule has 1 aromatic carbocycles. The number of hydrogen-bond donors (Lipinski definition) is 1. The maximum atomic E-state index is 12.1. The van der Waals surface area contributed by atoms with Crippen molar-refractivity contribution in [1.82, 2.24) is 10.2 Å². The lowest BCUT2D eigenvalue weighted by Crippen LogP contribution is -2.51. The molecule has 7 heteroatoms. The summed E-state index contributed by atoms with van der Waals surface area (Å²) in [5, 5.41) is 13.8. The minimum absolute atomic E-state index is 0.0663. The number of amides is 1. The molecule has 2 rings (SSSR count). The van der Waals surface area contributed by atoms with E-state index in [1.54, 1.807) is 12.1 Å². The highest BCUT2D eigenvalue weighted by molar-refractivity contribution is 8.00. The Kier molecular flexibility index (Phi) is 4.97. The summed E-state index contributed by atoms with van der Waals surface area (Å²) < 4.78 is 0. The van der Waals surface area contributed by atoms with Crippen LogP contribution in [0.15, 0.2) is 29.2 Å². The average Bonchev–Trinajstić information content (AvgIpc) is 2.45.